The Bertz CT molecular complexity index is 1270. The molecule has 7 nitrogen and oxygen atoms in total. The van der Waals surface area contributed by atoms with E-state index in [1.54, 1.807) is 0 Å². The summed E-state index contributed by atoms with van der Waals surface area (Å²) in [5.74, 6) is 1.14. The van der Waals surface area contributed by atoms with E-state index in [0.29, 0.717) is 23.8 Å². The molecule has 0 aliphatic heterocycles. The average Bonchev–Trinajstić information content (AvgIpc) is 3.44. The minimum Gasteiger partial charge on any atom is -0.344 e. The minimum absolute atomic E-state index is 0.0206. The van der Waals surface area contributed by atoms with Crippen LogP contribution in [0.3, 0.4) is 0 Å². The third kappa shape index (κ3) is 3.07. The molecule has 1 aliphatic rings. The van der Waals surface area contributed by atoms with Crippen LogP contribution in [0.1, 0.15) is 58.1 Å². The van der Waals surface area contributed by atoms with Crippen molar-refractivity contribution in [2.45, 2.75) is 46.1 Å². The predicted molar refractivity (Wildman–Crippen MR) is 112 cm³/mol. The quantitative estimate of drug-likeness (QED) is 0.559. The zero-order chi connectivity index (χ0) is 20.8. The summed E-state index contributed by atoms with van der Waals surface area (Å²) in [6.45, 7) is 5.87. The molecule has 0 unspecified atom stereocenters. The van der Waals surface area contributed by atoms with Crippen LogP contribution in [0.2, 0.25) is 0 Å². The molecular formula is C23H23N5O2. The Kier molecular flexibility index (Phi) is 4.38. The number of hydrogen-bond acceptors (Lipinski definition) is 5. The highest BCUT2D eigenvalue weighted by Gasteiger charge is 2.27. The van der Waals surface area contributed by atoms with E-state index < -0.39 is 0 Å². The van der Waals surface area contributed by atoms with Gasteiger partial charge in [0.2, 0.25) is 11.7 Å². The second-order valence-corrected chi connectivity index (χ2v) is 7.82. The molecule has 0 fully saturated rings. The Hall–Kier alpha value is -3.48. The van der Waals surface area contributed by atoms with Crippen LogP contribution in [0.25, 0.3) is 17.0 Å². The van der Waals surface area contributed by atoms with Gasteiger partial charge in [0.15, 0.2) is 0 Å². The fourth-order valence-electron chi connectivity index (χ4n) is 4.19. The number of amides is 1. The molecule has 1 N–H and O–H groups in total. The third-order valence-electron chi connectivity index (χ3n) is 5.71. The smallest absolute Gasteiger partial charge is 0.270 e. The number of hydrogen-bond donors (Lipinski definition) is 1. The second kappa shape index (κ2) is 7.09. The number of imidazole rings is 1. The third-order valence-corrected chi connectivity index (χ3v) is 5.71. The van der Waals surface area contributed by atoms with Crippen LogP contribution in [0, 0.1) is 13.8 Å². The van der Waals surface area contributed by atoms with Gasteiger partial charge in [0.05, 0.1) is 11.7 Å². The van der Waals surface area contributed by atoms with Gasteiger partial charge in [-0.1, -0.05) is 30.3 Å². The topological polar surface area (TPSA) is 85.3 Å². The van der Waals surface area contributed by atoms with Crippen molar-refractivity contribution in [3.63, 3.8) is 0 Å². The summed E-state index contributed by atoms with van der Waals surface area (Å²) >= 11 is 0. The summed E-state index contributed by atoms with van der Waals surface area (Å²) in [5.41, 5.74) is 6.50. The van der Waals surface area contributed by atoms with Gasteiger partial charge in [0, 0.05) is 18.2 Å². The van der Waals surface area contributed by atoms with E-state index in [0.717, 1.165) is 40.9 Å². The maximum Gasteiger partial charge on any atom is 0.270 e. The van der Waals surface area contributed by atoms with E-state index in [1.165, 1.54) is 5.56 Å². The lowest BCUT2D eigenvalue weighted by atomic mass is 10.0. The summed E-state index contributed by atoms with van der Waals surface area (Å²) in [7, 11) is 0. The van der Waals surface area contributed by atoms with Gasteiger partial charge in [0.1, 0.15) is 11.3 Å². The van der Waals surface area contributed by atoms with Crippen molar-refractivity contribution in [2.75, 3.05) is 0 Å². The van der Waals surface area contributed by atoms with Crippen LogP contribution < -0.4 is 5.32 Å². The Balaban J connectivity index is 1.41. The normalized spacial score (nSPS) is 15.5. The first-order valence-corrected chi connectivity index (χ1v) is 10.3. The Morgan fingerprint density at radius 1 is 1.23 bits per heavy atom. The summed E-state index contributed by atoms with van der Waals surface area (Å²) in [5, 5.41) is 7.28. The first-order valence-electron chi connectivity index (χ1n) is 10.3. The van der Waals surface area contributed by atoms with E-state index in [1.807, 2.05) is 49.6 Å². The molecule has 1 aliphatic carbocycles. The highest BCUT2D eigenvalue weighted by Crippen LogP contribution is 2.34. The number of carbonyl (C=O) groups is 1. The summed E-state index contributed by atoms with van der Waals surface area (Å²) < 4.78 is 7.11. The number of aryl methyl sites for hydroxylation is 4. The van der Waals surface area contributed by atoms with E-state index in [-0.39, 0.29) is 11.9 Å². The molecule has 0 radical (unpaired) electrons. The van der Waals surface area contributed by atoms with Crippen LogP contribution in [0.5, 0.6) is 0 Å². The van der Waals surface area contributed by atoms with Crippen molar-refractivity contribution in [1.29, 1.82) is 0 Å². The molecule has 3 aromatic heterocycles. The molecule has 1 atom stereocenters. The van der Waals surface area contributed by atoms with E-state index in [9.17, 15) is 4.79 Å². The maximum absolute atomic E-state index is 13.1. The monoisotopic (exact) mass is 401 g/mol. The number of fused-ring (bicyclic) bond motifs is 2. The van der Waals surface area contributed by atoms with E-state index in [4.69, 9.17) is 4.52 Å². The van der Waals surface area contributed by atoms with Gasteiger partial charge < -0.3 is 9.84 Å². The van der Waals surface area contributed by atoms with Crippen molar-refractivity contribution >= 4 is 11.6 Å². The molecule has 152 valence electrons. The molecule has 1 aromatic carbocycles. The highest BCUT2D eigenvalue weighted by molar-refractivity contribution is 5.95. The zero-order valence-electron chi connectivity index (χ0n) is 17.3. The largest absolute Gasteiger partial charge is 0.344 e. The summed E-state index contributed by atoms with van der Waals surface area (Å²) in [4.78, 5) is 22.1. The first kappa shape index (κ1) is 18.5. The number of nitrogens with zero attached hydrogens (tertiary/aromatic N) is 4. The standard InChI is InChI=1S/C23H23N5O2/c1-4-20-26-22(27-30-20)16-6-8-17-15(11-16)7-9-18(17)25-23(29)21-14(3)24-19-10-5-13(2)12-28(19)21/h5-6,8,10-12,18H,4,7,9H2,1-3H3,(H,25,29)/t18-/m1/s1. The van der Waals surface area contributed by atoms with Gasteiger partial charge in [-0.15, -0.1) is 0 Å². The second-order valence-electron chi connectivity index (χ2n) is 7.82. The van der Waals surface area contributed by atoms with Gasteiger partial charge in [-0.05, 0) is 55.5 Å². The first-order chi connectivity index (χ1) is 14.5. The van der Waals surface area contributed by atoms with Crippen LogP contribution in [0.15, 0.2) is 41.1 Å². The lowest BCUT2D eigenvalue weighted by Gasteiger charge is -2.15. The molecule has 0 saturated carbocycles. The van der Waals surface area contributed by atoms with Gasteiger partial charge in [0.25, 0.3) is 5.91 Å². The number of aromatic nitrogens is 4. The van der Waals surface area contributed by atoms with Crippen molar-refractivity contribution in [3.05, 3.63) is 70.5 Å². The van der Waals surface area contributed by atoms with E-state index in [2.05, 4.69) is 32.6 Å². The number of pyridine rings is 1. The molecule has 7 heteroatoms. The van der Waals surface area contributed by atoms with Gasteiger partial charge in [-0.25, -0.2) is 4.98 Å². The Morgan fingerprint density at radius 2 is 2.10 bits per heavy atom. The van der Waals surface area contributed by atoms with Crippen molar-refractivity contribution < 1.29 is 9.32 Å². The van der Waals surface area contributed by atoms with Gasteiger partial charge in [-0.2, -0.15) is 4.98 Å². The van der Waals surface area contributed by atoms with Crippen LogP contribution in [-0.2, 0) is 12.8 Å². The minimum atomic E-state index is -0.0988. The fraction of sp³-hybridized carbons (Fsp3) is 0.304. The average molecular weight is 401 g/mol. The van der Waals surface area contributed by atoms with Crippen molar-refractivity contribution in [2.24, 2.45) is 0 Å². The molecule has 0 spiro atoms. The molecule has 1 amide bonds. The highest BCUT2D eigenvalue weighted by atomic mass is 16.5. The van der Waals surface area contributed by atoms with E-state index >= 15 is 0 Å². The molecular weight excluding hydrogens is 378 g/mol. The molecule has 0 saturated heterocycles. The number of carbonyl (C=O) groups excluding carboxylic acids is 1. The van der Waals surface area contributed by atoms with Crippen molar-refractivity contribution in [1.82, 2.24) is 24.8 Å². The lowest BCUT2D eigenvalue weighted by Crippen LogP contribution is -2.28. The van der Waals surface area contributed by atoms with Gasteiger partial charge in [-0.3, -0.25) is 9.20 Å². The zero-order valence-corrected chi connectivity index (χ0v) is 17.3. The van der Waals surface area contributed by atoms with Crippen LogP contribution in [0.4, 0.5) is 0 Å². The molecule has 0 bridgehead atoms. The molecule has 4 aromatic rings. The number of benzene rings is 1. The maximum atomic E-state index is 13.1. The Labute approximate surface area is 174 Å². The number of nitrogens with one attached hydrogen (secondary N) is 1. The fourth-order valence-corrected chi connectivity index (χ4v) is 4.19. The van der Waals surface area contributed by atoms with Crippen LogP contribution in [-0.4, -0.2) is 25.4 Å². The Morgan fingerprint density at radius 3 is 2.90 bits per heavy atom. The molecule has 30 heavy (non-hydrogen) atoms. The summed E-state index contributed by atoms with van der Waals surface area (Å²) in [6, 6.07) is 10.1. The van der Waals surface area contributed by atoms with Gasteiger partial charge >= 0.3 is 0 Å². The summed E-state index contributed by atoms with van der Waals surface area (Å²) in [6.07, 6.45) is 4.44. The predicted octanol–water partition coefficient (Wildman–Crippen LogP) is 3.98. The lowest BCUT2D eigenvalue weighted by molar-refractivity contribution is 0.0930. The van der Waals surface area contributed by atoms with Crippen LogP contribution >= 0.6 is 0 Å². The number of rotatable bonds is 4. The SMILES string of the molecule is CCc1nc(-c2ccc3c(c2)CC[C@H]3NC(=O)c2c(C)nc3ccc(C)cn23)no1. The molecule has 5 rings (SSSR count). The van der Waals surface area contributed by atoms with Crippen molar-refractivity contribution in [3.8, 4) is 11.4 Å². The molecule has 3 heterocycles.